The summed E-state index contributed by atoms with van der Waals surface area (Å²) in [6.07, 6.45) is 2.01. The molecular formula is C12H22N2O2S2. The highest BCUT2D eigenvalue weighted by atomic mass is 32.2. The SMILES string of the molecule is CCCNCCS(=O)(=O)NCc1ccc(CC)s1. The molecule has 0 bridgehead atoms. The van der Waals surface area contributed by atoms with Crippen LogP contribution in [0.1, 0.15) is 30.0 Å². The summed E-state index contributed by atoms with van der Waals surface area (Å²) in [5, 5.41) is 3.09. The number of thiophene rings is 1. The first-order valence-electron chi connectivity index (χ1n) is 6.33. The first-order chi connectivity index (χ1) is 8.57. The average Bonchev–Trinajstić information content (AvgIpc) is 2.80. The predicted octanol–water partition coefficient (Wildman–Crippen LogP) is 1.73. The zero-order valence-corrected chi connectivity index (χ0v) is 12.7. The van der Waals surface area contributed by atoms with E-state index in [1.54, 1.807) is 11.3 Å². The molecule has 104 valence electrons. The van der Waals surface area contributed by atoms with E-state index in [0.29, 0.717) is 13.1 Å². The summed E-state index contributed by atoms with van der Waals surface area (Å²) in [4.78, 5) is 2.35. The molecule has 1 aromatic heterocycles. The molecule has 18 heavy (non-hydrogen) atoms. The van der Waals surface area contributed by atoms with Crippen molar-refractivity contribution in [2.24, 2.45) is 0 Å². The Morgan fingerprint density at radius 3 is 2.50 bits per heavy atom. The van der Waals surface area contributed by atoms with Crippen LogP contribution in [0.3, 0.4) is 0 Å². The molecule has 1 rings (SSSR count). The molecular weight excluding hydrogens is 268 g/mol. The minimum atomic E-state index is -3.16. The van der Waals surface area contributed by atoms with Gasteiger partial charge in [-0.2, -0.15) is 0 Å². The maximum Gasteiger partial charge on any atom is 0.213 e. The fourth-order valence-electron chi connectivity index (χ4n) is 1.47. The monoisotopic (exact) mass is 290 g/mol. The molecule has 6 heteroatoms. The Bertz CT molecular complexity index is 441. The van der Waals surface area contributed by atoms with Gasteiger partial charge >= 0.3 is 0 Å². The minimum Gasteiger partial charge on any atom is -0.316 e. The van der Waals surface area contributed by atoms with E-state index in [4.69, 9.17) is 0 Å². The van der Waals surface area contributed by atoms with Crippen LogP contribution in [-0.4, -0.2) is 27.3 Å². The molecule has 0 spiro atoms. The van der Waals surface area contributed by atoms with Crippen LogP contribution in [0.15, 0.2) is 12.1 Å². The van der Waals surface area contributed by atoms with Gasteiger partial charge in [0.2, 0.25) is 10.0 Å². The predicted molar refractivity (Wildman–Crippen MR) is 77.5 cm³/mol. The van der Waals surface area contributed by atoms with E-state index in [0.717, 1.165) is 24.3 Å². The van der Waals surface area contributed by atoms with Crippen LogP contribution in [0.4, 0.5) is 0 Å². The Morgan fingerprint density at radius 1 is 1.17 bits per heavy atom. The van der Waals surface area contributed by atoms with Gasteiger partial charge < -0.3 is 5.32 Å². The maximum absolute atomic E-state index is 11.7. The first kappa shape index (κ1) is 15.6. The summed E-state index contributed by atoms with van der Waals surface area (Å²) < 4.78 is 26.0. The minimum absolute atomic E-state index is 0.138. The zero-order chi connectivity index (χ0) is 13.4. The van der Waals surface area contributed by atoms with Gasteiger partial charge in [-0.15, -0.1) is 11.3 Å². The van der Waals surface area contributed by atoms with Crippen LogP contribution >= 0.6 is 11.3 Å². The lowest BCUT2D eigenvalue weighted by Gasteiger charge is -2.06. The van der Waals surface area contributed by atoms with Crippen LogP contribution < -0.4 is 10.0 Å². The Labute approximate surface area is 114 Å². The van der Waals surface area contributed by atoms with Crippen molar-refractivity contribution in [1.29, 1.82) is 0 Å². The molecule has 1 aromatic rings. The van der Waals surface area contributed by atoms with Gasteiger partial charge in [0.15, 0.2) is 0 Å². The lowest BCUT2D eigenvalue weighted by atomic mass is 10.4. The van der Waals surface area contributed by atoms with Crippen molar-refractivity contribution in [1.82, 2.24) is 10.0 Å². The van der Waals surface area contributed by atoms with Crippen molar-refractivity contribution in [2.75, 3.05) is 18.8 Å². The van der Waals surface area contributed by atoms with Crippen LogP contribution in [-0.2, 0) is 23.0 Å². The second-order valence-electron chi connectivity index (χ2n) is 4.11. The molecule has 0 amide bonds. The lowest BCUT2D eigenvalue weighted by molar-refractivity contribution is 0.576. The van der Waals surface area contributed by atoms with Crippen molar-refractivity contribution < 1.29 is 8.42 Å². The third kappa shape index (κ3) is 5.95. The second-order valence-corrected chi connectivity index (χ2v) is 7.29. The Balaban J connectivity index is 2.32. The molecule has 1 heterocycles. The standard InChI is InChI=1S/C12H22N2O2S2/c1-3-7-13-8-9-18(15,16)14-10-12-6-5-11(4-2)17-12/h5-6,13-14H,3-4,7-10H2,1-2H3. The Morgan fingerprint density at radius 2 is 1.89 bits per heavy atom. The number of sulfonamides is 1. The number of aryl methyl sites for hydroxylation is 1. The van der Waals surface area contributed by atoms with E-state index in [1.165, 1.54) is 4.88 Å². The van der Waals surface area contributed by atoms with Crippen LogP contribution in [0.25, 0.3) is 0 Å². The number of hydrogen-bond acceptors (Lipinski definition) is 4. The fraction of sp³-hybridized carbons (Fsp3) is 0.667. The zero-order valence-electron chi connectivity index (χ0n) is 11.0. The summed E-state index contributed by atoms with van der Waals surface area (Å²) in [5.74, 6) is 0.138. The van der Waals surface area contributed by atoms with Crippen LogP contribution in [0, 0.1) is 0 Å². The van der Waals surface area contributed by atoms with Crippen molar-refractivity contribution in [3.8, 4) is 0 Å². The molecule has 4 nitrogen and oxygen atoms in total. The van der Waals surface area contributed by atoms with Gasteiger partial charge in [-0.25, -0.2) is 13.1 Å². The molecule has 0 saturated carbocycles. The summed E-state index contributed by atoms with van der Waals surface area (Å²) in [6, 6.07) is 4.04. The third-order valence-corrected chi connectivity index (χ3v) is 5.06. The molecule has 0 atom stereocenters. The first-order valence-corrected chi connectivity index (χ1v) is 8.80. The van der Waals surface area contributed by atoms with E-state index in [1.807, 2.05) is 6.07 Å². The fourth-order valence-corrected chi connectivity index (χ4v) is 3.39. The van der Waals surface area contributed by atoms with E-state index < -0.39 is 10.0 Å². The third-order valence-electron chi connectivity index (χ3n) is 2.51. The molecule has 0 unspecified atom stereocenters. The molecule has 0 aliphatic heterocycles. The molecule has 0 fully saturated rings. The molecule has 0 aromatic carbocycles. The Kier molecular flexibility index (Phi) is 6.85. The van der Waals surface area contributed by atoms with E-state index >= 15 is 0 Å². The van der Waals surface area contributed by atoms with Gasteiger partial charge in [0.05, 0.1) is 5.75 Å². The maximum atomic E-state index is 11.7. The summed E-state index contributed by atoms with van der Waals surface area (Å²) in [5.41, 5.74) is 0. The van der Waals surface area contributed by atoms with Crippen molar-refractivity contribution in [2.45, 2.75) is 33.2 Å². The largest absolute Gasteiger partial charge is 0.316 e. The number of nitrogens with one attached hydrogen (secondary N) is 2. The van der Waals surface area contributed by atoms with E-state index in [9.17, 15) is 8.42 Å². The smallest absolute Gasteiger partial charge is 0.213 e. The van der Waals surface area contributed by atoms with Gasteiger partial charge in [0.1, 0.15) is 0 Å². The summed E-state index contributed by atoms with van der Waals surface area (Å²) >= 11 is 1.66. The molecule has 0 aliphatic rings. The molecule has 2 N–H and O–H groups in total. The second kappa shape index (κ2) is 7.89. The highest BCUT2D eigenvalue weighted by Crippen LogP contribution is 2.16. The molecule has 0 radical (unpaired) electrons. The van der Waals surface area contributed by atoms with Crippen LogP contribution in [0.2, 0.25) is 0 Å². The van der Waals surface area contributed by atoms with Gasteiger partial charge in [-0.3, -0.25) is 0 Å². The quantitative estimate of drug-likeness (QED) is 0.681. The van der Waals surface area contributed by atoms with Crippen LogP contribution in [0.5, 0.6) is 0 Å². The molecule has 0 saturated heterocycles. The average molecular weight is 290 g/mol. The topological polar surface area (TPSA) is 58.2 Å². The van der Waals surface area contributed by atoms with Crippen molar-refractivity contribution >= 4 is 21.4 Å². The van der Waals surface area contributed by atoms with Gasteiger partial charge in [-0.1, -0.05) is 13.8 Å². The summed E-state index contributed by atoms with van der Waals surface area (Å²) in [6.45, 7) is 5.93. The number of hydrogen-bond donors (Lipinski definition) is 2. The normalized spacial score (nSPS) is 11.9. The highest BCUT2D eigenvalue weighted by Gasteiger charge is 2.09. The number of rotatable bonds is 9. The van der Waals surface area contributed by atoms with E-state index in [2.05, 4.69) is 30.0 Å². The highest BCUT2D eigenvalue weighted by molar-refractivity contribution is 7.89. The Hall–Kier alpha value is -0.430. The van der Waals surface area contributed by atoms with Crippen molar-refractivity contribution in [3.05, 3.63) is 21.9 Å². The lowest BCUT2D eigenvalue weighted by Crippen LogP contribution is -2.31. The van der Waals surface area contributed by atoms with Crippen molar-refractivity contribution in [3.63, 3.8) is 0 Å². The summed E-state index contributed by atoms with van der Waals surface area (Å²) in [7, 11) is -3.16. The van der Waals surface area contributed by atoms with Gasteiger partial charge in [0, 0.05) is 22.8 Å². The molecule has 0 aliphatic carbocycles. The van der Waals surface area contributed by atoms with E-state index in [-0.39, 0.29) is 5.75 Å². The van der Waals surface area contributed by atoms with Gasteiger partial charge in [0.25, 0.3) is 0 Å². The van der Waals surface area contributed by atoms with Gasteiger partial charge in [-0.05, 0) is 31.5 Å².